The van der Waals surface area contributed by atoms with Gasteiger partial charge in [0.2, 0.25) is 5.60 Å². The minimum atomic E-state index is -5.44. The molecule has 0 aromatic carbocycles. The van der Waals surface area contributed by atoms with Crippen LogP contribution in [0, 0.1) is 0 Å². The van der Waals surface area contributed by atoms with Crippen LogP contribution in [0.2, 0.25) is 0 Å². The van der Waals surface area contributed by atoms with Gasteiger partial charge in [-0.1, -0.05) is 0 Å². The van der Waals surface area contributed by atoms with E-state index in [1.807, 2.05) is 0 Å². The molecule has 0 bridgehead atoms. The predicted molar refractivity (Wildman–Crippen MR) is 39.0 cm³/mol. The third kappa shape index (κ3) is 3.01. The normalized spacial score (nSPS) is 27.1. The van der Waals surface area contributed by atoms with Crippen molar-refractivity contribution in [2.45, 2.75) is 37.2 Å². The van der Waals surface area contributed by atoms with Crippen LogP contribution in [-0.2, 0) is 4.74 Å². The van der Waals surface area contributed by atoms with Gasteiger partial charge < -0.3 is 4.74 Å². The van der Waals surface area contributed by atoms with Gasteiger partial charge in [0.05, 0.1) is 6.42 Å². The molecule has 0 spiro atoms. The summed E-state index contributed by atoms with van der Waals surface area (Å²) in [4.78, 5) is 0. The van der Waals surface area contributed by atoms with Gasteiger partial charge in [0.1, 0.15) is 0 Å². The maximum Gasteiger partial charge on any atom is 0.428 e. The number of rotatable bonds is 1. The molecule has 100 valence electrons. The average Bonchev–Trinajstić information content (AvgIpc) is 2.07. The quantitative estimate of drug-likeness (QED) is 0.650. The predicted octanol–water partition coefficient (Wildman–Crippen LogP) is 4.16. The van der Waals surface area contributed by atoms with Crippen LogP contribution in [0.1, 0.15) is 19.3 Å². The summed E-state index contributed by atoms with van der Waals surface area (Å²) in [5, 5.41) is 0. The maximum atomic E-state index is 12.6. The van der Waals surface area contributed by atoms with E-state index in [9.17, 15) is 35.1 Å². The van der Waals surface area contributed by atoms with Gasteiger partial charge in [-0.25, -0.2) is 4.39 Å². The summed E-state index contributed by atoms with van der Waals surface area (Å²) in [6, 6.07) is -2.24. The molecule has 9 heteroatoms. The van der Waals surface area contributed by atoms with Gasteiger partial charge in [-0.15, -0.1) is 0 Å². The molecule has 0 saturated heterocycles. The molecule has 1 heterocycles. The Morgan fingerprint density at radius 1 is 1.06 bits per heavy atom. The first-order valence-corrected chi connectivity index (χ1v) is 4.33. The molecule has 0 aromatic rings. The third-order valence-electron chi connectivity index (χ3n) is 2.25. The summed E-state index contributed by atoms with van der Waals surface area (Å²) in [6.45, 7) is 0. The summed E-state index contributed by atoms with van der Waals surface area (Å²) in [5.41, 5.74) is -3.75. The lowest BCUT2D eigenvalue weighted by Gasteiger charge is -2.37. The Labute approximate surface area is 90.0 Å². The lowest BCUT2D eigenvalue weighted by Crippen LogP contribution is -2.51. The van der Waals surface area contributed by atoms with Crippen molar-refractivity contribution in [2.24, 2.45) is 0 Å². The lowest BCUT2D eigenvalue weighted by atomic mass is 9.90. The molecule has 0 fully saturated rings. The van der Waals surface area contributed by atoms with E-state index in [4.69, 9.17) is 0 Å². The Kier molecular flexibility index (Phi) is 3.32. The molecule has 0 N–H and O–H groups in total. The van der Waals surface area contributed by atoms with Crippen LogP contribution in [0.3, 0.4) is 0 Å². The van der Waals surface area contributed by atoms with E-state index in [2.05, 4.69) is 4.74 Å². The fraction of sp³-hybridized carbons (Fsp3) is 0.750. The van der Waals surface area contributed by atoms with Gasteiger partial charge in [0.25, 0.3) is 0 Å². The zero-order chi connectivity index (χ0) is 13.5. The fourth-order valence-corrected chi connectivity index (χ4v) is 1.44. The molecule has 1 aliphatic rings. The lowest BCUT2D eigenvalue weighted by molar-refractivity contribution is -0.310. The topological polar surface area (TPSA) is 9.23 Å². The van der Waals surface area contributed by atoms with E-state index >= 15 is 0 Å². The molecule has 1 rings (SSSR count). The molecule has 0 aromatic heterocycles. The van der Waals surface area contributed by atoms with Crippen LogP contribution in [0.25, 0.3) is 0 Å². The Balaban J connectivity index is 3.07. The van der Waals surface area contributed by atoms with E-state index in [0.29, 0.717) is 0 Å². The Hall–Kier alpha value is -1.02. The minimum absolute atomic E-state index is 1.08. The number of alkyl halides is 6. The second-order valence-corrected chi connectivity index (χ2v) is 3.56. The van der Waals surface area contributed by atoms with E-state index in [-0.39, 0.29) is 0 Å². The van der Waals surface area contributed by atoms with E-state index in [0.717, 1.165) is 0 Å². The van der Waals surface area contributed by atoms with Crippen molar-refractivity contribution < 1.29 is 39.9 Å². The van der Waals surface area contributed by atoms with Crippen LogP contribution in [0.15, 0.2) is 11.8 Å². The molecular weight excluding hydrogens is 264 g/mol. The molecule has 1 atom stereocenters. The average molecular weight is 270 g/mol. The number of hydrogen-bond donors (Lipinski definition) is 0. The maximum absolute atomic E-state index is 12.6. The minimum Gasteiger partial charge on any atom is -0.452 e. The second kappa shape index (κ2) is 4.02. The van der Waals surface area contributed by atoms with E-state index in [1.54, 1.807) is 0 Å². The molecule has 0 radical (unpaired) electrons. The van der Waals surface area contributed by atoms with Gasteiger partial charge >= 0.3 is 18.4 Å². The van der Waals surface area contributed by atoms with Crippen LogP contribution in [0.4, 0.5) is 35.1 Å². The van der Waals surface area contributed by atoms with Crippen LogP contribution in [-0.4, -0.2) is 18.0 Å². The summed E-state index contributed by atoms with van der Waals surface area (Å²) >= 11 is 0. The first kappa shape index (κ1) is 14.0. The molecule has 0 saturated carbocycles. The summed E-state index contributed by atoms with van der Waals surface area (Å²) < 4.78 is 102. The first-order valence-electron chi connectivity index (χ1n) is 4.33. The van der Waals surface area contributed by atoms with Crippen molar-refractivity contribution in [3.63, 3.8) is 0 Å². The molecule has 0 aliphatic carbocycles. The number of ether oxygens (including phenoxy) is 1. The van der Waals surface area contributed by atoms with Gasteiger partial charge in [0.15, 0.2) is 5.83 Å². The Bertz CT molecular complexity index is 327. The smallest absolute Gasteiger partial charge is 0.428 e. The summed E-state index contributed by atoms with van der Waals surface area (Å²) in [7, 11) is 0. The van der Waals surface area contributed by atoms with Crippen LogP contribution < -0.4 is 0 Å². The van der Waals surface area contributed by atoms with Crippen molar-refractivity contribution >= 4 is 0 Å². The summed E-state index contributed by atoms with van der Waals surface area (Å²) in [5.74, 6) is -1.62. The highest BCUT2D eigenvalue weighted by atomic mass is 19.4. The van der Waals surface area contributed by atoms with Crippen molar-refractivity contribution in [1.29, 1.82) is 0 Å². The second-order valence-electron chi connectivity index (χ2n) is 3.56. The van der Waals surface area contributed by atoms with E-state index < -0.39 is 49.1 Å². The largest absolute Gasteiger partial charge is 0.452 e. The Morgan fingerprint density at radius 2 is 1.59 bits per heavy atom. The first-order chi connectivity index (χ1) is 7.47. The van der Waals surface area contributed by atoms with Crippen LogP contribution >= 0.6 is 0 Å². The molecule has 1 unspecified atom stereocenters. The van der Waals surface area contributed by atoms with Gasteiger partial charge in [0, 0.05) is 12.8 Å². The van der Waals surface area contributed by atoms with Crippen molar-refractivity contribution in [2.75, 3.05) is 0 Å². The molecule has 1 nitrogen and oxygen atoms in total. The van der Waals surface area contributed by atoms with Gasteiger partial charge in [-0.05, 0) is 0 Å². The number of halogens is 8. The van der Waals surface area contributed by atoms with Crippen molar-refractivity contribution in [1.82, 2.24) is 0 Å². The molecule has 1 aliphatic heterocycles. The van der Waals surface area contributed by atoms with Crippen molar-refractivity contribution in [3.05, 3.63) is 11.8 Å². The SMILES string of the molecule is FC1=C(F)OC(CC(F)(F)F)(C(F)(F)F)CC1. The highest BCUT2D eigenvalue weighted by Gasteiger charge is 2.63. The highest BCUT2D eigenvalue weighted by molar-refractivity contribution is 5.06. The molecule has 17 heavy (non-hydrogen) atoms. The molecular formula is C8H6F8O. The van der Waals surface area contributed by atoms with E-state index in [1.165, 1.54) is 0 Å². The highest BCUT2D eigenvalue weighted by Crippen LogP contribution is 2.49. The molecule has 0 amide bonds. The standard InChI is InChI=1S/C8H6F8O/c9-4-1-2-6(8(14,15)16,17-5(4)10)3-7(11,12)13/h1-3H2. The van der Waals surface area contributed by atoms with Crippen LogP contribution in [0.5, 0.6) is 0 Å². The number of hydrogen-bond acceptors (Lipinski definition) is 1. The fourth-order valence-electron chi connectivity index (χ4n) is 1.44. The summed E-state index contributed by atoms with van der Waals surface area (Å²) in [6.07, 6.45) is -15.5. The Morgan fingerprint density at radius 3 is 1.94 bits per heavy atom. The van der Waals surface area contributed by atoms with Crippen molar-refractivity contribution in [3.8, 4) is 0 Å². The zero-order valence-corrected chi connectivity index (χ0v) is 8.05. The number of allylic oxidation sites excluding steroid dienone is 1. The van der Waals surface area contributed by atoms with Gasteiger partial charge in [-0.3, -0.25) is 0 Å². The zero-order valence-electron chi connectivity index (χ0n) is 8.05. The monoisotopic (exact) mass is 270 g/mol. The third-order valence-corrected chi connectivity index (χ3v) is 2.25. The van der Waals surface area contributed by atoms with Gasteiger partial charge in [-0.2, -0.15) is 30.7 Å².